The number of rotatable bonds is 3. The second kappa shape index (κ2) is 8.09. The van der Waals surface area contributed by atoms with Gasteiger partial charge in [-0.25, -0.2) is 4.79 Å². The molecule has 0 heterocycles. The molecule has 1 rings (SSSR count). The van der Waals surface area contributed by atoms with Crippen LogP contribution in [0.4, 0.5) is 0 Å². The van der Waals surface area contributed by atoms with Crippen molar-refractivity contribution in [3.8, 4) is 0 Å². The molecule has 0 amide bonds. The van der Waals surface area contributed by atoms with E-state index in [-0.39, 0.29) is 78.7 Å². The van der Waals surface area contributed by atoms with E-state index in [1.165, 1.54) is 6.92 Å². The fourth-order valence-corrected chi connectivity index (χ4v) is 1.47. The number of carboxylic acid groups (broad SMARTS) is 1. The van der Waals surface area contributed by atoms with Gasteiger partial charge in [-0.2, -0.15) is 0 Å². The Morgan fingerprint density at radius 1 is 1.12 bits per heavy atom. The largest absolute Gasteiger partial charge is 1.00 e. The number of aromatic carboxylic acids is 1. The Balaban J connectivity index is 0. The number of carboxylic acids is 1. The van der Waals surface area contributed by atoms with Crippen molar-refractivity contribution in [1.29, 1.82) is 0 Å². The van der Waals surface area contributed by atoms with Crippen LogP contribution in [0.2, 0.25) is 0 Å². The number of ketones is 1. The molecule has 0 unspecified atom stereocenters. The first kappa shape index (κ1) is 19.3. The van der Waals surface area contributed by atoms with Gasteiger partial charge in [0.15, 0.2) is 5.78 Å². The van der Waals surface area contributed by atoms with Gasteiger partial charge in [-0.1, -0.05) is 17.0 Å². The first-order valence-corrected chi connectivity index (χ1v) is 4.98. The SMILES string of the molecule is CC(=O)c1cc(C(=O)O)cc([S-](=O)=O)c1.[K+].[OH3+]. The summed E-state index contributed by atoms with van der Waals surface area (Å²) in [6.07, 6.45) is 0. The molecule has 0 saturated heterocycles. The number of Topliss-reactive ketones (excluding diaryl/α,β-unsaturated/α-hetero) is 1. The molecule has 0 spiro atoms. The van der Waals surface area contributed by atoms with E-state index in [9.17, 15) is 18.0 Å². The summed E-state index contributed by atoms with van der Waals surface area (Å²) in [6.45, 7) is 1.23. The summed E-state index contributed by atoms with van der Waals surface area (Å²) in [5.41, 5.74) is -0.156. The molecule has 8 heteroatoms. The van der Waals surface area contributed by atoms with Gasteiger partial charge in [-0.15, -0.1) is 0 Å². The molecule has 0 aliphatic carbocycles. The van der Waals surface area contributed by atoms with Crippen LogP contribution in [-0.4, -0.2) is 16.9 Å². The van der Waals surface area contributed by atoms with Crippen LogP contribution >= 0.6 is 0 Å². The molecule has 6 nitrogen and oxygen atoms in total. The maximum atomic E-state index is 11.0. The van der Waals surface area contributed by atoms with Gasteiger partial charge in [0.25, 0.3) is 0 Å². The molecule has 0 fully saturated rings. The second-order valence-electron chi connectivity index (χ2n) is 2.84. The van der Waals surface area contributed by atoms with Crippen LogP contribution < -0.4 is 51.4 Å². The van der Waals surface area contributed by atoms with Crippen molar-refractivity contribution in [3.63, 3.8) is 0 Å². The van der Waals surface area contributed by atoms with Crippen LogP contribution in [0.15, 0.2) is 23.1 Å². The quantitative estimate of drug-likeness (QED) is 0.281. The molecule has 17 heavy (non-hydrogen) atoms. The summed E-state index contributed by atoms with van der Waals surface area (Å²) >= 11 is 0. The zero-order valence-electron chi connectivity index (χ0n) is 9.30. The zero-order chi connectivity index (χ0) is 11.6. The fourth-order valence-electron chi connectivity index (χ4n) is 1.02. The third-order valence-electron chi connectivity index (χ3n) is 1.75. The van der Waals surface area contributed by atoms with Gasteiger partial charge < -0.3 is 19.0 Å². The molecular formula is C9H10KO6S+. The Bertz CT molecular complexity index is 468. The minimum Gasteiger partial charge on any atom is -0.478 e. The summed E-state index contributed by atoms with van der Waals surface area (Å²) in [4.78, 5) is 21.4. The van der Waals surface area contributed by atoms with Crippen molar-refractivity contribution < 1.29 is 80.0 Å². The average Bonchev–Trinajstić information content (AvgIpc) is 2.16. The predicted molar refractivity (Wildman–Crippen MR) is 55.3 cm³/mol. The molecule has 0 aliphatic rings. The van der Waals surface area contributed by atoms with E-state index in [4.69, 9.17) is 5.11 Å². The molecule has 88 valence electrons. The topological polar surface area (TPSA) is 122 Å². The summed E-state index contributed by atoms with van der Waals surface area (Å²) in [5, 5.41) is 8.68. The van der Waals surface area contributed by atoms with E-state index in [1.807, 2.05) is 0 Å². The minimum absolute atomic E-state index is 0. The van der Waals surface area contributed by atoms with Gasteiger partial charge in [0.1, 0.15) is 0 Å². The molecule has 0 radical (unpaired) electrons. The van der Waals surface area contributed by atoms with Crippen molar-refractivity contribution >= 4 is 22.5 Å². The minimum atomic E-state index is -2.55. The van der Waals surface area contributed by atoms with Gasteiger partial charge in [-0.3, -0.25) is 4.79 Å². The van der Waals surface area contributed by atoms with E-state index in [1.54, 1.807) is 0 Å². The molecule has 0 atom stereocenters. The number of carbonyl (C=O) groups is 2. The summed E-state index contributed by atoms with van der Waals surface area (Å²) < 4.78 is 21.3. The molecule has 1 aromatic carbocycles. The molecule has 0 bridgehead atoms. The third-order valence-corrected chi connectivity index (χ3v) is 2.37. The Hall–Kier alpha value is -0.0936. The van der Waals surface area contributed by atoms with E-state index >= 15 is 0 Å². The normalized spacial score (nSPS) is 9.06. The third kappa shape index (κ3) is 5.38. The van der Waals surface area contributed by atoms with Gasteiger partial charge in [0.05, 0.1) is 5.56 Å². The van der Waals surface area contributed by atoms with Crippen molar-refractivity contribution in [3.05, 3.63) is 29.3 Å². The Morgan fingerprint density at radius 2 is 1.59 bits per heavy atom. The molecule has 1 aromatic rings. The first-order valence-electron chi connectivity index (χ1n) is 3.90. The summed E-state index contributed by atoms with van der Waals surface area (Å²) in [5.74, 6) is -1.66. The molecular weight excluding hydrogens is 275 g/mol. The van der Waals surface area contributed by atoms with Gasteiger partial charge in [0.2, 0.25) is 0 Å². The Morgan fingerprint density at radius 3 is 1.94 bits per heavy atom. The number of hydrogen-bond acceptors (Lipinski definition) is 5. The van der Waals surface area contributed by atoms with E-state index in [0.717, 1.165) is 18.2 Å². The smallest absolute Gasteiger partial charge is 0.478 e. The molecule has 0 aromatic heterocycles. The standard InChI is InChI=1S/C9H7O5S.K.H2O/c1-5(10)6-2-7(9(11)12)4-8(3-6)15(13)14;;/h2-4H,1H3,(H,11,12);;1H2/q-1;+1;/p+1. The van der Waals surface area contributed by atoms with Crippen LogP contribution in [0.3, 0.4) is 0 Å². The van der Waals surface area contributed by atoms with Crippen LogP contribution in [0.5, 0.6) is 0 Å². The van der Waals surface area contributed by atoms with Crippen molar-refractivity contribution in [2.75, 3.05) is 0 Å². The van der Waals surface area contributed by atoms with Crippen LogP contribution in [0.1, 0.15) is 27.6 Å². The Kier molecular flexibility index (Phi) is 9.16. The summed E-state index contributed by atoms with van der Waals surface area (Å²) in [6, 6.07) is 3.27. The van der Waals surface area contributed by atoms with E-state index in [2.05, 4.69) is 0 Å². The van der Waals surface area contributed by atoms with E-state index < -0.39 is 16.7 Å². The summed E-state index contributed by atoms with van der Waals surface area (Å²) in [7, 11) is -2.55. The predicted octanol–water partition coefficient (Wildman–Crippen LogP) is -2.66. The average molecular weight is 285 g/mol. The maximum Gasteiger partial charge on any atom is 1.00 e. The Labute approximate surface area is 142 Å². The van der Waals surface area contributed by atoms with Gasteiger partial charge in [-0.05, 0) is 23.7 Å². The van der Waals surface area contributed by atoms with Crippen molar-refractivity contribution in [2.24, 2.45) is 0 Å². The molecule has 0 saturated carbocycles. The number of carbonyl (C=O) groups excluding carboxylic acids is 1. The number of benzene rings is 1. The zero-order valence-corrected chi connectivity index (χ0v) is 13.2. The van der Waals surface area contributed by atoms with Crippen LogP contribution in [-0.2, 0) is 24.6 Å². The molecule has 4 N–H and O–H groups in total. The fraction of sp³-hybridized carbons (Fsp3) is 0.111. The van der Waals surface area contributed by atoms with E-state index in [0.29, 0.717) is 0 Å². The van der Waals surface area contributed by atoms with Crippen molar-refractivity contribution in [2.45, 2.75) is 11.8 Å². The van der Waals surface area contributed by atoms with Crippen LogP contribution in [0.25, 0.3) is 0 Å². The van der Waals surface area contributed by atoms with Gasteiger partial charge in [0, 0.05) is 5.56 Å². The number of hydrogen-bond donors (Lipinski definition) is 1. The molecule has 0 aliphatic heterocycles. The van der Waals surface area contributed by atoms with Crippen molar-refractivity contribution in [1.82, 2.24) is 0 Å². The van der Waals surface area contributed by atoms with Crippen LogP contribution in [0, 0.1) is 0 Å². The van der Waals surface area contributed by atoms with Gasteiger partial charge >= 0.3 is 57.4 Å². The first-order chi connectivity index (χ1) is 6.91. The monoisotopic (exact) mass is 285 g/mol. The second-order valence-corrected chi connectivity index (χ2v) is 3.78. The maximum absolute atomic E-state index is 11.0.